The first kappa shape index (κ1) is 15.3. The Hall–Kier alpha value is 0.420. The highest BCUT2D eigenvalue weighted by molar-refractivity contribution is 6.19. The molecule has 3 rings (SSSR count). The van der Waals surface area contributed by atoms with Gasteiger partial charge in [0.15, 0.2) is 0 Å². The Morgan fingerprint density at radius 1 is 0.800 bits per heavy atom. The summed E-state index contributed by atoms with van der Waals surface area (Å²) in [5, 5.41) is 0. The summed E-state index contributed by atoms with van der Waals surface area (Å²) < 4.78 is 24.9. The summed E-state index contributed by atoms with van der Waals surface area (Å²) in [6.45, 7) is 5.29. The first-order valence-electron chi connectivity index (χ1n) is 7.37. The van der Waals surface area contributed by atoms with Crippen molar-refractivity contribution in [3.05, 3.63) is 0 Å². The molecule has 3 heterocycles. The van der Waals surface area contributed by atoms with E-state index >= 15 is 0 Å². The van der Waals surface area contributed by atoms with Crippen molar-refractivity contribution in [2.45, 2.75) is 62.3 Å². The van der Waals surface area contributed by atoms with E-state index in [1.54, 1.807) is 0 Å². The summed E-state index contributed by atoms with van der Waals surface area (Å²) in [7, 11) is 0. The van der Waals surface area contributed by atoms with Gasteiger partial charge in [0.25, 0.3) is 0 Å². The van der Waals surface area contributed by atoms with Crippen LogP contribution >= 0.6 is 23.2 Å². The molecule has 3 aliphatic heterocycles. The number of alkyl halides is 2. The second kappa shape index (κ2) is 4.97. The van der Waals surface area contributed by atoms with Crippen molar-refractivity contribution in [2.24, 2.45) is 0 Å². The number of hydrogen-bond donors (Lipinski definition) is 0. The summed E-state index contributed by atoms with van der Waals surface area (Å²) in [4.78, 5) is 0. The van der Waals surface area contributed by atoms with E-state index in [-0.39, 0.29) is 11.8 Å². The smallest absolute Gasteiger partial charge is 0.212 e. The Morgan fingerprint density at radius 3 is 1.50 bits per heavy atom. The highest BCUT2D eigenvalue weighted by atomic mass is 35.5. The van der Waals surface area contributed by atoms with Crippen LogP contribution < -0.4 is 0 Å². The lowest BCUT2D eigenvalue weighted by Crippen LogP contribution is -2.74. The lowest BCUT2D eigenvalue weighted by atomic mass is 9.81. The average Bonchev–Trinajstić information content (AvgIpc) is 3.02. The zero-order valence-electron chi connectivity index (χ0n) is 12.0. The van der Waals surface area contributed by atoms with Crippen molar-refractivity contribution < 1.29 is 18.9 Å². The molecule has 3 saturated heterocycles. The minimum Gasteiger partial charge on any atom is -0.346 e. The summed E-state index contributed by atoms with van der Waals surface area (Å²) in [5.74, 6) is -1.27. The summed E-state index contributed by atoms with van der Waals surface area (Å²) in [6.07, 6.45) is 3.00. The highest BCUT2D eigenvalue weighted by Gasteiger charge is 2.73. The number of fused-ring (bicyclic) bond motifs is 2. The Balaban J connectivity index is 2.08. The van der Waals surface area contributed by atoms with Crippen LogP contribution in [0.5, 0.6) is 0 Å². The quantitative estimate of drug-likeness (QED) is 0.745. The third-order valence-corrected chi connectivity index (χ3v) is 5.99. The summed E-state index contributed by atoms with van der Waals surface area (Å²) in [6, 6.07) is 0. The second-order valence-electron chi connectivity index (χ2n) is 5.87. The van der Waals surface area contributed by atoms with Crippen LogP contribution in [0.25, 0.3) is 0 Å². The molecule has 0 aliphatic carbocycles. The molecule has 0 N–H and O–H groups in total. The van der Waals surface area contributed by atoms with Gasteiger partial charge >= 0.3 is 0 Å². The van der Waals surface area contributed by atoms with Gasteiger partial charge in [0.2, 0.25) is 11.6 Å². The van der Waals surface area contributed by atoms with E-state index in [1.165, 1.54) is 0 Å². The molecule has 0 aromatic rings. The Bertz CT molecular complexity index is 327. The van der Waals surface area contributed by atoms with Crippen LogP contribution in [-0.2, 0) is 18.9 Å². The number of ether oxygens (including phenoxy) is 4. The van der Waals surface area contributed by atoms with Crippen LogP contribution in [0.4, 0.5) is 0 Å². The minimum atomic E-state index is -0.886. The van der Waals surface area contributed by atoms with Crippen LogP contribution in [0, 0.1) is 0 Å². The van der Waals surface area contributed by atoms with Crippen molar-refractivity contribution in [2.75, 3.05) is 25.0 Å². The molecule has 4 atom stereocenters. The lowest BCUT2D eigenvalue weighted by Gasteiger charge is -2.58. The molecule has 0 saturated carbocycles. The van der Waals surface area contributed by atoms with Crippen LogP contribution in [0.15, 0.2) is 0 Å². The molecule has 116 valence electrons. The molecule has 0 unspecified atom stereocenters. The normalized spacial score (nSPS) is 51.0. The van der Waals surface area contributed by atoms with Crippen molar-refractivity contribution in [3.8, 4) is 0 Å². The molecule has 4 nitrogen and oxygen atoms in total. The van der Waals surface area contributed by atoms with Gasteiger partial charge in [-0.25, -0.2) is 0 Å². The van der Waals surface area contributed by atoms with E-state index in [9.17, 15) is 0 Å². The molecule has 0 amide bonds. The van der Waals surface area contributed by atoms with Gasteiger partial charge in [-0.3, -0.25) is 0 Å². The van der Waals surface area contributed by atoms with Crippen LogP contribution in [0.1, 0.15) is 39.5 Å². The largest absolute Gasteiger partial charge is 0.346 e. The SMILES string of the molecule is CC[C@@]12CCO[C@]1(CCl)O[C@]1(CC)CCO[C@]1(CCl)O2. The Labute approximate surface area is 130 Å². The molecular formula is C14H22Cl2O4. The van der Waals surface area contributed by atoms with Crippen molar-refractivity contribution in [1.82, 2.24) is 0 Å². The van der Waals surface area contributed by atoms with Gasteiger partial charge in [0.1, 0.15) is 11.2 Å². The van der Waals surface area contributed by atoms with E-state index < -0.39 is 22.8 Å². The second-order valence-corrected chi connectivity index (χ2v) is 6.40. The van der Waals surface area contributed by atoms with E-state index in [4.69, 9.17) is 42.1 Å². The molecule has 6 heteroatoms. The van der Waals surface area contributed by atoms with Gasteiger partial charge in [-0.2, -0.15) is 0 Å². The van der Waals surface area contributed by atoms with Crippen molar-refractivity contribution >= 4 is 23.2 Å². The molecule has 20 heavy (non-hydrogen) atoms. The molecule has 3 aliphatic rings. The van der Waals surface area contributed by atoms with Gasteiger partial charge in [-0.15, -0.1) is 23.2 Å². The first-order valence-corrected chi connectivity index (χ1v) is 8.44. The third-order valence-electron chi connectivity index (χ3n) is 5.29. The predicted molar refractivity (Wildman–Crippen MR) is 76.3 cm³/mol. The monoisotopic (exact) mass is 324 g/mol. The fourth-order valence-electron chi connectivity index (χ4n) is 3.95. The van der Waals surface area contributed by atoms with Gasteiger partial charge < -0.3 is 18.9 Å². The Kier molecular flexibility index (Phi) is 3.81. The Morgan fingerprint density at radius 2 is 1.20 bits per heavy atom. The van der Waals surface area contributed by atoms with Gasteiger partial charge in [-0.1, -0.05) is 13.8 Å². The van der Waals surface area contributed by atoms with E-state index in [1.807, 2.05) is 0 Å². The van der Waals surface area contributed by atoms with Gasteiger partial charge in [0, 0.05) is 12.8 Å². The fourth-order valence-corrected chi connectivity index (χ4v) is 4.70. The van der Waals surface area contributed by atoms with Crippen molar-refractivity contribution in [3.63, 3.8) is 0 Å². The number of rotatable bonds is 4. The van der Waals surface area contributed by atoms with Crippen LogP contribution in [-0.4, -0.2) is 47.8 Å². The molecule has 0 aromatic heterocycles. The van der Waals surface area contributed by atoms with Crippen LogP contribution in [0.2, 0.25) is 0 Å². The van der Waals surface area contributed by atoms with Gasteiger partial charge in [0.05, 0.1) is 25.0 Å². The van der Waals surface area contributed by atoms with E-state index in [2.05, 4.69) is 13.8 Å². The predicted octanol–water partition coefficient (Wildman–Crippen LogP) is 3.04. The van der Waals surface area contributed by atoms with Gasteiger partial charge in [-0.05, 0) is 12.8 Å². The molecule has 3 fully saturated rings. The van der Waals surface area contributed by atoms with E-state index in [0.717, 1.165) is 25.7 Å². The number of hydrogen-bond acceptors (Lipinski definition) is 4. The number of halogens is 2. The molecule has 0 aromatic carbocycles. The summed E-state index contributed by atoms with van der Waals surface area (Å²) >= 11 is 12.5. The maximum absolute atomic E-state index is 6.51. The fraction of sp³-hybridized carbons (Fsp3) is 1.00. The van der Waals surface area contributed by atoms with Crippen molar-refractivity contribution in [1.29, 1.82) is 0 Å². The zero-order chi connectivity index (χ0) is 14.5. The third kappa shape index (κ3) is 1.64. The maximum Gasteiger partial charge on any atom is 0.212 e. The standard InChI is InChI=1S/C14H22Cl2O4/c1-3-11-5-7-17-13(11,9-15)20-12(4-2)6-8-18-14(12,10-16)19-11/h3-10H2,1-2H3/t11-,12-,13-,14-/m1/s1. The first-order chi connectivity index (χ1) is 9.57. The lowest BCUT2D eigenvalue weighted by molar-refractivity contribution is -0.452. The molecule has 0 bridgehead atoms. The maximum atomic E-state index is 6.51. The van der Waals surface area contributed by atoms with E-state index in [0.29, 0.717) is 13.2 Å². The molecule has 0 spiro atoms. The zero-order valence-corrected chi connectivity index (χ0v) is 13.6. The minimum absolute atomic E-state index is 0.251. The van der Waals surface area contributed by atoms with Crippen LogP contribution in [0.3, 0.4) is 0 Å². The summed E-state index contributed by atoms with van der Waals surface area (Å²) in [5.41, 5.74) is -1.15. The average molecular weight is 325 g/mol. The topological polar surface area (TPSA) is 36.9 Å². The molecular weight excluding hydrogens is 303 g/mol. The highest BCUT2D eigenvalue weighted by Crippen LogP contribution is 2.59. The molecule has 0 radical (unpaired) electrons.